The molecular weight excluding hydrogens is 394 g/mol. The summed E-state index contributed by atoms with van der Waals surface area (Å²) in [6.45, 7) is 0.847. The molecule has 1 N–H and O–H groups in total. The molecule has 0 fully saturated rings. The minimum Gasteiger partial charge on any atom is -0.467 e. The zero-order valence-electron chi connectivity index (χ0n) is 14.5. The van der Waals surface area contributed by atoms with Gasteiger partial charge in [-0.05, 0) is 43.3 Å². The zero-order valence-corrected chi connectivity index (χ0v) is 14.5. The van der Waals surface area contributed by atoms with Gasteiger partial charge in [0.15, 0.2) is 5.60 Å². The maximum Gasteiger partial charge on any atom is 0.416 e. The van der Waals surface area contributed by atoms with Gasteiger partial charge in [0.25, 0.3) is 0 Å². The first kappa shape index (κ1) is 21.5. The van der Waals surface area contributed by atoms with Crippen molar-refractivity contribution in [3.63, 3.8) is 0 Å². The lowest BCUT2D eigenvalue weighted by molar-refractivity contribution is -0.163. The van der Waals surface area contributed by atoms with Crippen LogP contribution in [0.1, 0.15) is 23.6 Å². The first-order valence-corrected chi connectivity index (χ1v) is 7.64. The van der Waals surface area contributed by atoms with Crippen LogP contribution < -0.4 is 4.74 Å². The Morgan fingerprint density at radius 3 is 1.86 bits per heavy atom. The highest BCUT2D eigenvalue weighted by Crippen LogP contribution is 2.40. The number of hydrogen-bond donors (Lipinski definition) is 1. The molecule has 0 spiro atoms. The van der Waals surface area contributed by atoms with Crippen LogP contribution in [0.3, 0.4) is 0 Å². The molecule has 0 bridgehead atoms. The number of hydrogen-bond acceptors (Lipinski definition) is 4. The van der Waals surface area contributed by atoms with Crippen molar-refractivity contribution in [3.8, 4) is 11.5 Å². The fraction of sp³-hybridized carbons (Fsp3) is 0.278. The average molecular weight is 408 g/mol. The van der Waals surface area contributed by atoms with E-state index in [4.69, 9.17) is 4.74 Å². The third-order valence-electron chi connectivity index (χ3n) is 3.82. The molecule has 0 saturated carbocycles. The molecule has 1 unspecified atom stereocenters. The topological polar surface area (TPSA) is 55.8 Å². The zero-order chi connectivity index (χ0) is 21.3. The number of ether oxygens (including phenoxy) is 2. The average Bonchev–Trinajstić information content (AvgIpc) is 2.59. The Morgan fingerprint density at radius 1 is 0.857 bits per heavy atom. The highest BCUT2D eigenvalue weighted by atomic mass is 19.4. The second-order valence-corrected chi connectivity index (χ2v) is 5.89. The molecule has 4 nitrogen and oxygen atoms in total. The Hall–Kier alpha value is -2.75. The van der Waals surface area contributed by atoms with Crippen LogP contribution in [0, 0.1) is 0 Å². The van der Waals surface area contributed by atoms with E-state index in [1.54, 1.807) is 0 Å². The Labute approximate surface area is 155 Å². The van der Waals surface area contributed by atoms with Crippen molar-refractivity contribution < 1.29 is 45.7 Å². The van der Waals surface area contributed by atoms with Crippen molar-refractivity contribution in [2.75, 3.05) is 7.11 Å². The molecule has 0 aliphatic rings. The van der Waals surface area contributed by atoms with E-state index in [0.29, 0.717) is 6.07 Å². The van der Waals surface area contributed by atoms with Crippen LogP contribution in [0.5, 0.6) is 11.5 Å². The molecule has 152 valence electrons. The van der Waals surface area contributed by atoms with Crippen LogP contribution in [0.15, 0.2) is 42.5 Å². The SMILES string of the molecule is COC(=O)C(C)(O)c1ccc(Oc2ccc(C(F)(F)F)cc2)cc1C(F)(F)F. The molecule has 0 aliphatic carbocycles. The monoisotopic (exact) mass is 408 g/mol. The van der Waals surface area contributed by atoms with Crippen LogP contribution in [0.25, 0.3) is 0 Å². The number of benzene rings is 2. The Morgan fingerprint density at radius 2 is 1.39 bits per heavy atom. The summed E-state index contributed by atoms with van der Waals surface area (Å²) in [7, 11) is 0.909. The minimum absolute atomic E-state index is 0.131. The first-order valence-electron chi connectivity index (χ1n) is 7.64. The summed E-state index contributed by atoms with van der Waals surface area (Å²) >= 11 is 0. The highest BCUT2D eigenvalue weighted by Gasteiger charge is 2.43. The van der Waals surface area contributed by atoms with E-state index >= 15 is 0 Å². The molecule has 28 heavy (non-hydrogen) atoms. The molecule has 0 aliphatic heterocycles. The van der Waals surface area contributed by atoms with Gasteiger partial charge in [0.05, 0.1) is 18.2 Å². The van der Waals surface area contributed by atoms with Crippen molar-refractivity contribution >= 4 is 5.97 Å². The van der Waals surface area contributed by atoms with Crippen molar-refractivity contribution in [3.05, 3.63) is 59.2 Å². The van der Waals surface area contributed by atoms with Crippen LogP contribution in [0.2, 0.25) is 0 Å². The largest absolute Gasteiger partial charge is 0.467 e. The molecule has 2 rings (SSSR count). The van der Waals surface area contributed by atoms with Gasteiger partial charge in [-0.25, -0.2) is 4.79 Å². The third kappa shape index (κ3) is 4.56. The predicted molar refractivity (Wildman–Crippen MR) is 84.5 cm³/mol. The Kier molecular flexibility index (Phi) is 5.65. The summed E-state index contributed by atoms with van der Waals surface area (Å²) in [4.78, 5) is 11.6. The first-order chi connectivity index (χ1) is 12.8. The molecule has 2 aromatic rings. The fourth-order valence-corrected chi connectivity index (χ4v) is 2.40. The minimum atomic E-state index is -4.95. The van der Waals surface area contributed by atoms with Crippen LogP contribution in [-0.4, -0.2) is 18.2 Å². The van der Waals surface area contributed by atoms with E-state index in [9.17, 15) is 36.2 Å². The lowest BCUT2D eigenvalue weighted by Crippen LogP contribution is -2.35. The van der Waals surface area contributed by atoms with Gasteiger partial charge in [0.2, 0.25) is 0 Å². The molecule has 0 aromatic heterocycles. The standard InChI is InChI=1S/C18H14F6O4/c1-16(26,15(25)27-2)13-8-7-12(9-14(13)18(22,23)24)28-11-5-3-10(4-6-11)17(19,20)21/h3-9,26H,1-2H3. The van der Waals surface area contributed by atoms with E-state index in [1.165, 1.54) is 0 Å². The third-order valence-corrected chi connectivity index (χ3v) is 3.82. The summed E-state index contributed by atoms with van der Waals surface area (Å²) in [6, 6.07) is 5.75. The molecular formula is C18H14F6O4. The number of rotatable bonds is 4. The van der Waals surface area contributed by atoms with Crippen molar-refractivity contribution in [2.24, 2.45) is 0 Å². The van der Waals surface area contributed by atoms with Gasteiger partial charge >= 0.3 is 18.3 Å². The lowest BCUT2D eigenvalue weighted by atomic mass is 9.91. The summed E-state index contributed by atoms with van der Waals surface area (Å²) in [6.07, 6.45) is -9.52. The smallest absolute Gasteiger partial charge is 0.416 e. The summed E-state index contributed by atoms with van der Waals surface area (Å²) in [5, 5.41) is 10.2. The van der Waals surface area contributed by atoms with Crippen LogP contribution in [-0.2, 0) is 27.5 Å². The van der Waals surface area contributed by atoms with Crippen molar-refractivity contribution in [2.45, 2.75) is 24.9 Å². The van der Waals surface area contributed by atoms with E-state index in [1.807, 2.05) is 0 Å². The number of halogens is 6. The summed E-state index contributed by atoms with van der Waals surface area (Å²) < 4.78 is 87.4. The molecule has 0 saturated heterocycles. The van der Waals surface area contributed by atoms with Gasteiger partial charge in [-0.15, -0.1) is 0 Å². The number of methoxy groups -OCH3 is 1. The predicted octanol–water partition coefficient (Wildman–Crippen LogP) is 4.90. The van der Waals surface area contributed by atoms with Crippen molar-refractivity contribution in [1.82, 2.24) is 0 Å². The van der Waals surface area contributed by atoms with E-state index in [-0.39, 0.29) is 11.5 Å². The summed E-state index contributed by atoms with van der Waals surface area (Å²) in [5.74, 6) is -1.78. The lowest BCUT2D eigenvalue weighted by Gasteiger charge is -2.25. The maximum absolute atomic E-state index is 13.4. The van der Waals surface area contributed by atoms with Gasteiger partial charge in [-0.3, -0.25) is 0 Å². The molecule has 2 aromatic carbocycles. The van der Waals surface area contributed by atoms with Gasteiger partial charge in [-0.1, -0.05) is 6.07 Å². The van der Waals surface area contributed by atoms with E-state index < -0.39 is 40.6 Å². The van der Waals surface area contributed by atoms with Crippen LogP contribution in [0.4, 0.5) is 26.3 Å². The Balaban J connectivity index is 2.41. The number of esters is 1. The normalized spacial score (nSPS) is 14.3. The molecule has 10 heteroatoms. The Bertz CT molecular complexity index is 854. The van der Waals surface area contributed by atoms with E-state index in [0.717, 1.165) is 50.4 Å². The molecule has 1 atom stereocenters. The number of aliphatic hydroxyl groups is 1. The number of alkyl halides is 6. The highest BCUT2D eigenvalue weighted by molar-refractivity contribution is 5.81. The molecule has 0 radical (unpaired) electrons. The van der Waals surface area contributed by atoms with Crippen molar-refractivity contribution in [1.29, 1.82) is 0 Å². The number of carbonyl (C=O) groups excluding carboxylic acids is 1. The van der Waals surface area contributed by atoms with E-state index in [2.05, 4.69) is 4.74 Å². The van der Waals surface area contributed by atoms with Crippen LogP contribution >= 0.6 is 0 Å². The second kappa shape index (κ2) is 7.34. The fourth-order valence-electron chi connectivity index (χ4n) is 2.40. The summed E-state index contributed by atoms with van der Waals surface area (Å²) in [5.41, 5.74) is -5.63. The number of carbonyl (C=O) groups is 1. The molecule has 0 heterocycles. The van der Waals surface area contributed by atoms with Gasteiger partial charge < -0.3 is 14.6 Å². The maximum atomic E-state index is 13.4. The second-order valence-electron chi connectivity index (χ2n) is 5.89. The van der Waals surface area contributed by atoms with Gasteiger partial charge in [0.1, 0.15) is 11.5 Å². The van der Waals surface area contributed by atoms with Gasteiger partial charge in [0, 0.05) is 5.56 Å². The van der Waals surface area contributed by atoms with Gasteiger partial charge in [-0.2, -0.15) is 26.3 Å². The molecule has 0 amide bonds. The quantitative estimate of drug-likeness (QED) is 0.578.